The van der Waals surface area contributed by atoms with Crippen molar-refractivity contribution in [2.45, 2.75) is 33.1 Å². The van der Waals surface area contributed by atoms with Crippen molar-refractivity contribution < 1.29 is 9.90 Å². The van der Waals surface area contributed by atoms with Gasteiger partial charge in [-0.1, -0.05) is 13.8 Å². The second kappa shape index (κ2) is 5.44. The Bertz CT molecular complexity index is 337. The van der Waals surface area contributed by atoms with Gasteiger partial charge < -0.3 is 5.11 Å². The first-order valence-electron chi connectivity index (χ1n) is 5.10. The molecule has 1 heterocycles. The maximum atomic E-state index is 10.4. The molecule has 0 saturated carbocycles. The normalized spacial score (nSPS) is 10.6. The Labute approximate surface area is 89.4 Å². The van der Waals surface area contributed by atoms with Crippen LogP contribution in [0.2, 0.25) is 0 Å². The summed E-state index contributed by atoms with van der Waals surface area (Å²) < 4.78 is 0. The number of carbonyl (C=O) groups is 1. The van der Waals surface area contributed by atoms with Crippen molar-refractivity contribution in [3.05, 3.63) is 23.8 Å². The monoisotopic (exact) mass is 208 g/mol. The van der Waals surface area contributed by atoms with Crippen molar-refractivity contribution in [2.24, 2.45) is 5.92 Å². The van der Waals surface area contributed by atoms with Crippen LogP contribution in [0.4, 0.5) is 0 Å². The summed E-state index contributed by atoms with van der Waals surface area (Å²) in [5.41, 5.74) is 0.986. The van der Waals surface area contributed by atoms with Crippen LogP contribution in [0, 0.1) is 5.92 Å². The summed E-state index contributed by atoms with van der Waals surface area (Å²) in [4.78, 5) is 18.7. The predicted molar refractivity (Wildman–Crippen MR) is 56.5 cm³/mol. The zero-order chi connectivity index (χ0) is 11.3. The fourth-order valence-electron chi connectivity index (χ4n) is 1.31. The Kier molecular flexibility index (Phi) is 4.21. The summed E-state index contributed by atoms with van der Waals surface area (Å²) in [5, 5.41) is 8.53. The van der Waals surface area contributed by atoms with Gasteiger partial charge in [-0.05, 0) is 18.4 Å². The quantitative estimate of drug-likeness (QED) is 0.799. The van der Waals surface area contributed by atoms with E-state index in [1.807, 2.05) is 6.07 Å². The van der Waals surface area contributed by atoms with E-state index in [1.165, 1.54) is 0 Å². The third kappa shape index (κ3) is 4.54. The lowest BCUT2D eigenvalue weighted by molar-refractivity contribution is -0.137. The third-order valence-corrected chi connectivity index (χ3v) is 1.94. The molecule has 0 aliphatic carbocycles. The number of hydrogen-bond acceptors (Lipinski definition) is 3. The van der Waals surface area contributed by atoms with Crippen LogP contribution in [0.5, 0.6) is 0 Å². The van der Waals surface area contributed by atoms with E-state index < -0.39 is 5.97 Å². The minimum atomic E-state index is -0.812. The molecule has 4 heteroatoms. The third-order valence-electron chi connectivity index (χ3n) is 1.94. The highest BCUT2D eigenvalue weighted by Gasteiger charge is 2.04. The summed E-state index contributed by atoms with van der Waals surface area (Å²) in [6, 6.07) is 1.88. The van der Waals surface area contributed by atoms with Crippen molar-refractivity contribution >= 4 is 5.97 Å². The lowest BCUT2D eigenvalue weighted by Gasteiger charge is -2.05. The molecular weight excluding hydrogens is 192 g/mol. The Balaban J connectivity index is 2.61. The first kappa shape index (κ1) is 11.6. The van der Waals surface area contributed by atoms with Crippen LogP contribution in [0.15, 0.2) is 12.3 Å². The van der Waals surface area contributed by atoms with Crippen molar-refractivity contribution in [1.29, 1.82) is 0 Å². The first-order chi connectivity index (χ1) is 7.08. The minimum absolute atomic E-state index is 0.0884. The molecule has 1 aromatic heterocycles. The first-order valence-corrected chi connectivity index (χ1v) is 5.10. The Morgan fingerprint density at radius 1 is 1.53 bits per heavy atom. The molecule has 0 amide bonds. The molecule has 0 bridgehead atoms. The van der Waals surface area contributed by atoms with Crippen molar-refractivity contribution in [3.8, 4) is 0 Å². The lowest BCUT2D eigenvalue weighted by Crippen LogP contribution is -2.05. The van der Waals surface area contributed by atoms with Crippen molar-refractivity contribution in [1.82, 2.24) is 9.97 Å². The molecule has 0 aromatic carbocycles. The largest absolute Gasteiger partial charge is 0.481 e. The van der Waals surface area contributed by atoms with E-state index in [-0.39, 0.29) is 6.42 Å². The molecule has 1 aromatic rings. The molecule has 0 atom stereocenters. The van der Waals surface area contributed by atoms with Crippen LogP contribution in [0.1, 0.15) is 31.8 Å². The predicted octanol–water partition coefficient (Wildman–Crippen LogP) is 1.69. The van der Waals surface area contributed by atoms with Crippen LogP contribution < -0.4 is 0 Å². The van der Waals surface area contributed by atoms with Gasteiger partial charge in [0.05, 0.1) is 6.42 Å². The highest BCUT2D eigenvalue weighted by Crippen LogP contribution is 2.05. The van der Waals surface area contributed by atoms with E-state index in [2.05, 4.69) is 23.8 Å². The van der Waals surface area contributed by atoms with Gasteiger partial charge in [-0.25, -0.2) is 9.97 Å². The minimum Gasteiger partial charge on any atom is -0.481 e. The van der Waals surface area contributed by atoms with Gasteiger partial charge in [-0.15, -0.1) is 0 Å². The average Bonchev–Trinajstić information content (AvgIpc) is 2.14. The zero-order valence-electron chi connectivity index (χ0n) is 9.10. The molecule has 0 unspecified atom stereocenters. The topological polar surface area (TPSA) is 63.1 Å². The summed E-state index contributed by atoms with van der Waals surface area (Å²) >= 11 is 0. The molecule has 0 aliphatic rings. The highest BCUT2D eigenvalue weighted by molar-refractivity contribution is 5.66. The van der Waals surface area contributed by atoms with Gasteiger partial charge in [0.25, 0.3) is 0 Å². The van der Waals surface area contributed by atoms with Gasteiger partial charge in [0.1, 0.15) is 5.82 Å². The number of aromatic nitrogens is 2. The summed E-state index contributed by atoms with van der Waals surface area (Å²) in [7, 11) is 0. The number of aryl methyl sites for hydroxylation is 1. The molecular formula is C11H16N2O2. The smallest absolute Gasteiger partial charge is 0.303 e. The van der Waals surface area contributed by atoms with Crippen LogP contribution in [-0.4, -0.2) is 21.0 Å². The van der Waals surface area contributed by atoms with Gasteiger partial charge in [0.15, 0.2) is 0 Å². The van der Waals surface area contributed by atoms with Gasteiger partial charge in [-0.3, -0.25) is 4.79 Å². The Morgan fingerprint density at radius 2 is 2.27 bits per heavy atom. The second-order valence-electron chi connectivity index (χ2n) is 3.96. The van der Waals surface area contributed by atoms with E-state index in [0.29, 0.717) is 18.2 Å². The maximum Gasteiger partial charge on any atom is 0.303 e. The van der Waals surface area contributed by atoms with Crippen molar-refractivity contribution in [2.75, 3.05) is 0 Å². The molecule has 1 N–H and O–H groups in total. The molecule has 0 aliphatic heterocycles. The number of nitrogens with zero attached hydrogens (tertiary/aromatic N) is 2. The SMILES string of the molecule is CC(C)Cc1ccnc(CCC(=O)O)n1. The number of rotatable bonds is 5. The van der Waals surface area contributed by atoms with Gasteiger partial charge in [-0.2, -0.15) is 0 Å². The summed E-state index contributed by atoms with van der Waals surface area (Å²) in [5.74, 6) is 0.357. The number of carboxylic acids is 1. The number of carboxylic acid groups (broad SMARTS) is 1. The Hall–Kier alpha value is -1.45. The molecule has 15 heavy (non-hydrogen) atoms. The standard InChI is InChI=1S/C11H16N2O2/c1-8(2)7-9-5-6-12-10(13-9)3-4-11(14)15/h5-6,8H,3-4,7H2,1-2H3,(H,14,15). The average molecular weight is 208 g/mol. The second-order valence-corrected chi connectivity index (χ2v) is 3.96. The number of hydrogen-bond donors (Lipinski definition) is 1. The van der Waals surface area contributed by atoms with Crippen LogP contribution in [-0.2, 0) is 17.6 Å². The zero-order valence-corrected chi connectivity index (χ0v) is 9.10. The van der Waals surface area contributed by atoms with E-state index in [9.17, 15) is 4.79 Å². The van der Waals surface area contributed by atoms with E-state index in [4.69, 9.17) is 5.11 Å². The molecule has 82 valence electrons. The number of aliphatic carboxylic acids is 1. The van der Waals surface area contributed by atoms with E-state index in [1.54, 1.807) is 6.20 Å². The molecule has 1 rings (SSSR count). The van der Waals surface area contributed by atoms with Gasteiger partial charge in [0.2, 0.25) is 0 Å². The lowest BCUT2D eigenvalue weighted by atomic mass is 10.1. The Morgan fingerprint density at radius 3 is 2.87 bits per heavy atom. The molecule has 0 spiro atoms. The van der Waals surface area contributed by atoms with E-state index in [0.717, 1.165) is 12.1 Å². The van der Waals surface area contributed by atoms with Gasteiger partial charge >= 0.3 is 5.97 Å². The summed E-state index contributed by atoms with van der Waals surface area (Å²) in [6.45, 7) is 4.25. The van der Waals surface area contributed by atoms with E-state index >= 15 is 0 Å². The van der Waals surface area contributed by atoms with Crippen LogP contribution in [0.25, 0.3) is 0 Å². The highest BCUT2D eigenvalue weighted by atomic mass is 16.4. The maximum absolute atomic E-state index is 10.4. The van der Waals surface area contributed by atoms with Gasteiger partial charge in [0, 0.05) is 18.3 Å². The fourth-order valence-corrected chi connectivity index (χ4v) is 1.31. The molecule has 0 fully saturated rings. The molecule has 0 saturated heterocycles. The van der Waals surface area contributed by atoms with Crippen LogP contribution in [0.3, 0.4) is 0 Å². The van der Waals surface area contributed by atoms with Crippen LogP contribution >= 0.6 is 0 Å². The molecule has 0 radical (unpaired) electrons. The molecule has 4 nitrogen and oxygen atoms in total. The van der Waals surface area contributed by atoms with Crippen molar-refractivity contribution in [3.63, 3.8) is 0 Å². The summed E-state index contributed by atoms with van der Waals surface area (Å²) in [6.07, 6.45) is 3.09. The fraction of sp³-hybridized carbons (Fsp3) is 0.545.